The number of hydrogen-bond acceptors (Lipinski definition) is 4. The Balaban J connectivity index is 1.61. The first-order valence-corrected chi connectivity index (χ1v) is 12.4. The van der Waals surface area contributed by atoms with Gasteiger partial charge in [0.15, 0.2) is 5.11 Å². The van der Waals surface area contributed by atoms with Crippen molar-refractivity contribution < 1.29 is 8.42 Å². The Kier molecular flexibility index (Phi) is 7.80. The molecule has 2 N–H and O–H groups in total. The lowest BCUT2D eigenvalue weighted by atomic mass is 9.84. The largest absolute Gasteiger partial charge is 0.331 e. The van der Waals surface area contributed by atoms with E-state index in [1.54, 1.807) is 24.3 Å². The molecule has 0 atom stereocenters. The second-order valence-electron chi connectivity index (χ2n) is 8.04. The number of hydrogen-bond donors (Lipinski definition) is 2. The number of hydrazone groups is 1. The van der Waals surface area contributed by atoms with E-state index in [2.05, 4.69) is 40.1 Å². The predicted molar refractivity (Wildman–Crippen MR) is 131 cm³/mol. The summed E-state index contributed by atoms with van der Waals surface area (Å²) in [4.78, 5) is 0.197. The van der Waals surface area contributed by atoms with Crippen LogP contribution >= 0.6 is 12.2 Å². The Labute approximate surface area is 190 Å². The second kappa shape index (κ2) is 10.3. The van der Waals surface area contributed by atoms with Crippen LogP contribution in [0.1, 0.15) is 56.1 Å². The third kappa shape index (κ3) is 6.12. The van der Waals surface area contributed by atoms with E-state index < -0.39 is 10.0 Å². The van der Waals surface area contributed by atoms with E-state index >= 15 is 0 Å². The standard InChI is InChI=1S/C23H30N4O2S2/c1-17(18-12-14-20(15-13-18)19-8-5-4-6-9-19)25-26-23(30)24-21-10-7-11-22(16-21)31(28,29)27(2)3/h7,10-16,19H,4-6,8-9H2,1-3H3,(H2,24,26,30)/b25-17+. The fraction of sp³-hybridized carbons (Fsp3) is 0.391. The van der Waals surface area contributed by atoms with Crippen LogP contribution in [0.5, 0.6) is 0 Å². The first-order valence-electron chi connectivity index (χ1n) is 10.5. The van der Waals surface area contributed by atoms with Crippen molar-refractivity contribution in [3.63, 3.8) is 0 Å². The predicted octanol–water partition coefficient (Wildman–Crippen LogP) is 4.70. The Morgan fingerprint density at radius 1 is 1.06 bits per heavy atom. The van der Waals surface area contributed by atoms with E-state index in [1.165, 1.54) is 56.1 Å². The molecule has 0 radical (unpaired) electrons. The van der Waals surface area contributed by atoms with Gasteiger partial charge in [0.1, 0.15) is 0 Å². The number of rotatable bonds is 6. The van der Waals surface area contributed by atoms with Crippen molar-refractivity contribution in [1.82, 2.24) is 9.73 Å². The van der Waals surface area contributed by atoms with Gasteiger partial charge in [0.2, 0.25) is 10.0 Å². The number of sulfonamides is 1. The molecule has 31 heavy (non-hydrogen) atoms. The highest BCUT2D eigenvalue weighted by atomic mass is 32.2. The number of thiocarbonyl (C=S) groups is 1. The maximum absolute atomic E-state index is 12.3. The highest BCUT2D eigenvalue weighted by molar-refractivity contribution is 7.89. The molecule has 3 rings (SSSR count). The molecule has 166 valence electrons. The van der Waals surface area contributed by atoms with Gasteiger partial charge in [0, 0.05) is 19.8 Å². The molecule has 0 heterocycles. The summed E-state index contributed by atoms with van der Waals surface area (Å²) in [6.45, 7) is 1.93. The van der Waals surface area contributed by atoms with E-state index in [4.69, 9.17) is 12.2 Å². The number of anilines is 1. The topological polar surface area (TPSA) is 73.8 Å². The first kappa shape index (κ1) is 23.4. The van der Waals surface area contributed by atoms with Crippen LogP contribution in [0.4, 0.5) is 5.69 Å². The van der Waals surface area contributed by atoms with Crippen LogP contribution in [-0.2, 0) is 10.0 Å². The molecule has 8 heteroatoms. The van der Waals surface area contributed by atoms with Crippen molar-refractivity contribution in [1.29, 1.82) is 0 Å². The SMILES string of the molecule is C/C(=N\NC(=S)Nc1cccc(S(=O)(=O)N(C)C)c1)c1ccc(C2CCCCC2)cc1. The highest BCUT2D eigenvalue weighted by Crippen LogP contribution is 2.32. The Morgan fingerprint density at radius 2 is 1.74 bits per heavy atom. The van der Waals surface area contributed by atoms with E-state index in [0.29, 0.717) is 11.6 Å². The molecule has 0 aliphatic heterocycles. The van der Waals surface area contributed by atoms with Crippen LogP contribution in [-0.4, -0.2) is 37.6 Å². The minimum Gasteiger partial charge on any atom is -0.331 e. The quantitative estimate of drug-likeness (QED) is 0.373. The average Bonchev–Trinajstić information content (AvgIpc) is 2.78. The molecular formula is C23H30N4O2S2. The molecule has 0 spiro atoms. The maximum atomic E-state index is 12.3. The maximum Gasteiger partial charge on any atom is 0.242 e. The van der Waals surface area contributed by atoms with Gasteiger partial charge in [-0.1, -0.05) is 49.6 Å². The third-order valence-corrected chi connectivity index (χ3v) is 7.61. The van der Waals surface area contributed by atoms with Crippen LogP contribution < -0.4 is 10.7 Å². The zero-order chi connectivity index (χ0) is 22.4. The Hall–Kier alpha value is -2.29. The van der Waals surface area contributed by atoms with Crippen LogP contribution in [0.2, 0.25) is 0 Å². The average molecular weight is 459 g/mol. The smallest absolute Gasteiger partial charge is 0.242 e. The summed E-state index contributed by atoms with van der Waals surface area (Å²) in [6.07, 6.45) is 6.57. The lowest BCUT2D eigenvalue weighted by Crippen LogP contribution is -2.25. The lowest BCUT2D eigenvalue weighted by Gasteiger charge is -2.22. The molecule has 0 unspecified atom stereocenters. The van der Waals surface area contributed by atoms with Crippen molar-refractivity contribution in [2.24, 2.45) is 5.10 Å². The van der Waals surface area contributed by atoms with Crippen molar-refractivity contribution in [3.05, 3.63) is 59.7 Å². The summed E-state index contributed by atoms with van der Waals surface area (Å²) in [7, 11) is -0.505. The van der Waals surface area contributed by atoms with Crippen molar-refractivity contribution in [2.75, 3.05) is 19.4 Å². The van der Waals surface area contributed by atoms with Gasteiger partial charge in [0.25, 0.3) is 0 Å². The van der Waals surface area contributed by atoms with Crippen LogP contribution in [0.3, 0.4) is 0 Å². The number of benzene rings is 2. The van der Waals surface area contributed by atoms with Gasteiger partial charge in [0.05, 0.1) is 10.6 Å². The van der Waals surface area contributed by atoms with Crippen LogP contribution in [0.25, 0.3) is 0 Å². The molecule has 0 saturated heterocycles. The number of nitrogens with zero attached hydrogens (tertiary/aromatic N) is 2. The lowest BCUT2D eigenvalue weighted by molar-refractivity contribution is 0.443. The van der Waals surface area contributed by atoms with Gasteiger partial charge in [-0.15, -0.1) is 0 Å². The molecule has 0 amide bonds. The molecule has 2 aromatic carbocycles. The zero-order valence-electron chi connectivity index (χ0n) is 18.3. The molecular weight excluding hydrogens is 428 g/mol. The molecule has 1 aliphatic rings. The van der Waals surface area contributed by atoms with Gasteiger partial charge >= 0.3 is 0 Å². The minimum atomic E-state index is -3.51. The first-order chi connectivity index (χ1) is 14.8. The van der Waals surface area contributed by atoms with E-state index in [-0.39, 0.29) is 10.0 Å². The van der Waals surface area contributed by atoms with Crippen LogP contribution in [0.15, 0.2) is 58.5 Å². The molecule has 1 aliphatic carbocycles. The summed E-state index contributed by atoms with van der Waals surface area (Å²) in [5.74, 6) is 0.682. The molecule has 1 saturated carbocycles. The second-order valence-corrected chi connectivity index (χ2v) is 10.6. The van der Waals surface area contributed by atoms with Gasteiger partial charge in [-0.3, -0.25) is 5.43 Å². The monoisotopic (exact) mass is 458 g/mol. The van der Waals surface area contributed by atoms with Gasteiger partial charge in [-0.05, 0) is 67.2 Å². The molecule has 6 nitrogen and oxygen atoms in total. The minimum absolute atomic E-state index is 0.197. The van der Waals surface area contributed by atoms with Crippen molar-refractivity contribution in [2.45, 2.75) is 49.8 Å². The van der Waals surface area contributed by atoms with E-state index in [1.807, 2.05) is 6.92 Å². The number of nitrogens with one attached hydrogen (secondary N) is 2. The van der Waals surface area contributed by atoms with Crippen LogP contribution in [0, 0.1) is 0 Å². The van der Waals surface area contributed by atoms with E-state index in [0.717, 1.165) is 11.3 Å². The van der Waals surface area contributed by atoms with E-state index in [9.17, 15) is 8.42 Å². The summed E-state index contributed by atoms with van der Waals surface area (Å²) in [5, 5.41) is 7.64. The summed E-state index contributed by atoms with van der Waals surface area (Å²) in [6, 6.07) is 15.1. The fourth-order valence-corrected chi connectivity index (χ4v) is 4.85. The highest BCUT2D eigenvalue weighted by Gasteiger charge is 2.17. The zero-order valence-corrected chi connectivity index (χ0v) is 19.9. The molecule has 2 aromatic rings. The normalized spacial score (nSPS) is 15.7. The van der Waals surface area contributed by atoms with Gasteiger partial charge in [-0.25, -0.2) is 12.7 Å². The third-order valence-electron chi connectivity index (χ3n) is 5.60. The van der Waals surface area contributed by atoms with Crippen molar-refractivity contribution in [3.8, 4) is 0 Å². The van der Waals surface area contributed by atoms with Gasteiger partial charge in [-0.2, -0.15) is 5.10 Å². The van der Waals surface area contributed by atoms with Gasteiger partial charge < -0.3 is 5.32 Å². The molecule has 0 bridgehead atoms. The summed E-state index contributed by atoms with van der Waals surface area (Å²) < 4.78 is 25.8. The molecule has 1 fully saturated rings. The van der Waals surface area contributed by atoms with Crippen molar-refractivity contribution >= 4 is 38.8 Å². The fourth-order valence-electron chi connectivity index (χ4n) is 3.74. The summed E-state index contributed by atoms with van der Waals surface area (Å²) >= 11 is 5.31. The Morgan fingerprint density at radius 3 is 2.39 bits per heavy atom. The summed E-state index contributed by atoms with van der Waals surface area (Å²) in [5.41, 5.74) is 6.68. The molecule has 0 aromatic heterocycles. The Bertz CT molecular complexity index is 1040.